The first-order valence-corrected chi connectivity index (χ1v) is 10.1. The van der Waals surface area contributed by atoms with E-state index >= 15 is 0 Å². The van der Waals surface area contributed by atoms with Gasteiger partial charge in [-0.3, -0.25) is 5.10 Å². The molecule has 0 aliphatic carbocycles. The Morgan fingerprint density at radius 2 is 1.93 bits per heavy atom. The maximum absolute atomic E-state index is 14.2. The van der Waals surface area contributed by atoms with Gasteiger partial charge in [-0.25, -0.2) is 22.2 Å². The quantitative estimate of drug-likeness (QED) is 0.467. The molecule has 2 heterocycles. The molecule has 8 nitrogen and oxygen atoms in total. The van der Waals surface area contributed by atoms with Crippen molar-refractivity contribution in [3.05, 3.63) is 54.2 Å². The maximum Gasteiger partial charge on any atom is 0.229 e. The van der Waals surface area contributed by atoms with Gasteiger partial charge in [-0.1, -0.05) is 0 Å². The number of nitrogen functional groups attached to an aromatic ring is 1. The lowest BCUT2D eigenvalue weighted by atomic mass is 10.1. The van der Waals surface area contributed by atoms with Gasteiger partial charge in [0.25, 0.3) is 0 Å². The van der Waals surface area contributed by atoms with Gasteiger partial charge in [-0.2, -0.15) is 10.1 Å². The van der Waals surface area contributed by atoms with Crippen molar-refractivity contribution in [2.75, 3.05) is 17.3 Å². The Bertz CT molecular complexity index is 1350. The van der Waals surface area contributed by atoms with Crippen molar-refractivity contribution in [2.24, 2.45) is 0 Å². The van der Waals surface area contributed by atoms with Crippen molar-refractivity contribution >= 4 is 38.2 Å². The highest BCUT2D eigenvalue weighted by Gasteiger charge is 2.16. The topological polar surface area (TPSA) is 127 Å². The third kappa shape index (κ3) is 3.59. The molecule has 0 unspecified atom stereocenters. The number of aromatic amines is 1. The summed E-state index contributed by atoms with van der Waals surface area (Å²) in [4.78, 5) is 8.04. The number of fused-ring (bicyclic) bond motifs is 1. The Kier molecular flexibility index (Phi) is 4.38. The van der Waals surface area contributed by atoms with Crippen LogP contribution in [-0.2, 0) is 9.84 Å². The van der Waals surface area contributed by atoms with E-state index in [4.69, 9.17) is 5.73 Å². The van der Waals surface area contributed by atoms with Crippen molar-refractivity contribution < 1.29 is 17.2 Å². The van der Waals surface area contributed by atoms with Gasteiger partial charge in [-0.05, 0) is 36.4 Å². The number of H-pyrrole nitrogens is 1. The number of nitrogens with zero attached hydrogens (tertiary/aromatic N) is 3. The fraction of sp³-hybridized carbons (Fsp3) is 0.0556. The van der Waals surface area contributed by atoms with Crippen LogP contribution in [0.15, 0.2) is 47.5 Å². The normalized spacial score (nSPS) is 11.7. The van der Waals surface area contributed by atoms with Crippen molar-refractivity contribution in [2.45, 2.75) is 4.90 Å². The Morgan fingerprint density at radius 1 is 1.14 bits per heavy atom. The first-order valence-electron chi connectivity index (χ1n) is 8.25. The highest BCUT2D eigenvalue weighted by Crippen LogP contribution is 2.30. The first-order chi connectivity index (χ1) is 13.7. The predicted octanol–water partition coefficient (Wildman–Crippen LogP) is 3.03. The first kappa shape index (κ1) is 18.7. The summed E-state index contributed by atoms with van der Waals surface area (Å²) < 4.78 is 50.8. The summed E-state index contributed by atoms with van der Waals surface area (Å²) in [5.74, 6) is -1.16. The van der Waals surface area contributed by atoms with E-state index in [-0.39, 0.29) is 22.3 Å². The van der Waals surface area contributed by atoms with Crippen molar-refractivity contribution in [3.63, 3.8) is 0 Å². The number of nitrogens with one attached hydrogen (secondary N) is 2. The Morgan fingerprint density at radius 3 is 2.62 bits per heavy atom. The number of anilines is 3. The number of nitrogens with two attached hydrogens (primary N) is 1. The van der Waals surface area contributed by atoms with Crippen molar-refractivity contribution in [3.8, 4) is 11.3 Å². The van der Waals surface area contributed by atoms with Crippen LogP contribution >= 0.6 is 0 Å². The van der Waals surface area contributed by atoms with Gasteiger partial charge < -0.3 is 11.1 Å². The van der Waals surface area contributed by atoms with E-state index < -0.39 is 21.5 Å². The van der Waals surface area contributed by atoms with Gasteiger partial charge in [-0.15, -0.1) is 0 Å². The molecule has 0 radical (unpaired) electrons. The predicted molar refractivity (Wildman–Crippen MR) is 104 cm³/mol. The summed E-state index contributed by atoms with van der Waals surface area (Å²) in [5.41, 5.74) is 7.36. The van der Waals surface area contributed by atoms with Crippen LogP contribution in [0, 0.1) is 11.6 Å². The zero-order chi connectivity index (χ0) is 20.8. The molecule has 0 saturated carbocycles. The van der Waals surface area contributed by atoms with E-state index in [1.165, 1.54) is 30.5 Å². The van der Waals surface area contributed by atoms with Crippen LogP contribution in [0.4, 0.5) is 26.2 Å². The molecule has 2 aromatic heterocycles. The second-order valence-corrected chi connectivity index (χ2v) is 8.31. The molecule has 4 rings (SSSR count). The molecule has 0 fully saturated rings. The second-order valence-electron chi connectivity index (χ2n) is 6.29. The van der Waals surface area contributed by atoms with E-state index in [0.29, 0.717) is 22.2 Å². The average Bonchev–Trinajstić information content (AvgIpc) is 3.05. The second kappa shape index (κ2) is 6.78. The van der Waals surface area contributed by atoms with Crippen LogP contribution in [0.5, 0.6) is 0 Å². The highest BCUT2D eigenvalue weighted by molar-refractivity contribution is 7.90. The minimum atomic E-state index is -3.53. The van der Waals surface area contributed by atoms with E-state index in [2.05, 4.69) is 25.5 Å². The molecule has 4 aromatic rings. The molecule has 29 heavy (non-hydrogen) atoms. The molecule has 0 bridgehead atoms. The number of sulfone groups is 1. The molecular formula is C18H14F2N6O2S. The molecule has 0 saturated heterocycles. The summed E-state index contributed by atoms with van der Waals surface area (Å²) in [5, 5.41) is 10.1. The maximum atomic E-state index is 14.2. The number of hydrogen-bond donors (Lipinski definition) is 3. The van der Waals surface area contributed by atoms with Gasteiger partial charge in [0.1, 0.15) is 23.1 Å². The van der Waals surface area contributed by atoms with Crippen molar-refractivity contribution in [1.29, 1.82) is 0 Å². The fourth-order valence-electron chi connectivity index (χ4n) is 2.78. The smallest absolute Gasteiger partial charge is 0.229 e. The number of aromatic nitrogens is 4. The zero-order valence-corrected chi connectivity index (χ0v) is 15.8. The van der Waals surface area contributed by atoms with E-state index in [9.17, 15) is 17.2 Å². The molecular weight excluding hydrogens is 402 g/mol. The molecule has 11 heteroatoms. The summed E-state index contributed by atoms with van der Waals surface area (Å²) in [6.07, 6.45) is 2.37. The minimum absolute atomic E-state index is 0.00303. The molecule has 148 valence electrons. The molecule has 0 spiro atoms. The molecule has 0 aliphatic rings. The summed E-state index contributed by atoms with van der Waals surface area (Å²) in [7, 11) is -3.53. The van der Waals surface area contributed by atoms with Crippen LogP contribution < -0.4 is 11.1 Å². The lowest BCUT2D eigenvalue weighted by Crippen LogP contribution is -2.04. The average molecular weight is 416 g/mol. The SMILES string of the molecule is CS(=O)(=O)c1ccc(Nc2ncc(-c3n[nH]c4ccc(F)cc34)c(N)n2)c(F)c1. The Balaban J connectivity index is 1.67. The standard InChI is InChI=1S/C18H14F2N6O2S/c1-29(27,28)10-3-5-15(13(20)7-10)23-18-22-8-12(17(21)24-18)16-11-6-9(19)2-4-14(11)25-26-16/h2-8H,1H3,(H,25,26)(H3,21,22,23,24). The summed E-state index contributed by atoms with van der Waals surface area (Å²) in [6.45, 7) is 0. The summed E-state index contributed by atoms with van der Waals surface area (Å²) >= 11 is 0. The third-order valence-electron chi connectivity index (χ3n) is 4.21. The van der Waals surface area contributed by atoms with Gasteiger partial charge in [0.15, 0.2) is 9.84 Å². The molecule has 2 aromatic carbocycles. The van der Waals surface area contributed by atoms with Crippen LogP contribution in [0.25, 0.3) is 22.2 Å². The molecule has 0 atom stereocenters. The molecule has 0 aliphatic heterocycles. The van der Waals surface area contributed by atoms with Gasteiger partial charge in [0.2, 0.25) is 5.95 Å². The largest absolute Gasteiger partial charge is 0.383 e. The van der Waals surface area contributed by atoms with Crippen LogP contribution in [0.2, 0.25) is 0 Å². The van der Waals surface area contributed by atoms with E-state index in [1.807, 2.05) is 0 Å². The number of halogens is 2. The highest BCUT2D eigenvalue weighted by atomic mass is 32.2. The van der Waals surface area contributed by atoms with E-state index in [0.717, 1.165) is 12.3 Å². The van der Waals surface area contributed by atoms with Gasteiger partial charge in [0, 0.05) is 17.8 Å². The zero-order valence-electron chi connectivity index (χ0n) is 14.9. The molecule has 4 N–H and O–H groups in total. The third-order valence-corrected chi connectivity index (χ3v) is 5.32. The fourth-order valence-corrected chi connectivity index (χ4v) is 3.41. The number of benzene rings is 2. The van der Waals surface area contributed by atoms with E-state index in [1.54, 1.807) is 6.07 Å². The lowest BCUT2D eigenvalue weighted by molar-refractivity contribution is 0.596. The Labute approximate surface area is 163 Å². The van der Waals surface area contributed by atoms with Crippen molar-refractivity contribution in [1.82, 2.24) is 20.2 Å². The monoisotopic (exact) mass is 416 g/mol. The lowest BCUT2D eigenvalue weighted by Gasteiger charge is -2.09. The Hall–Kier alpha value is -3.60. The number of hydrogen-bond acceptors (Lipinski definition) is 7. The van der Waals surface area contributed by atoms with Gasteiger partial charge in [0.05, 0.1) is 21.7 Å². The van der Waals surface area contributed by atoms with Crippen LogP contribution in [0.3, 0.4) is 0 Å². The summed E-state index contributed by atoms with van der Waals surface area (Å²) in [6, 6.07) is 7.61. The minimum Gasteiger partial charge on any atom is -0.383 e. The van der Waals surface area contributed by atoms with Crippen LogP contribution in [0.1, 0.15) is 0 Å². The molecule has 0 amide bonds. The number of rotatable bonds is 4. The van der Waals surface area contributed by atoms with Crippen LogP contribution in [-0.4, -0.2) is 34.8 Å². The van der Waals surface area contributed by atoms with Gasteiger partial charge >= 0.3 is 0 Å².